The molecule has 4 heterocycles. The SMILES string of the molecule is c1ccc(-c2nc(-c3cccc4sc5cccc(-c6nc7ccccc7s6)c5c34)nc(-c3cccc4c3c3ccccc3n4-c3ccccc3)n2)cc1. The third-order valence-corrected chi connectivity index (χ3v) is 12.1. The summed E-state index contributed by atoms with van der Waals surface area (Å²) in [5.74, 6) is 1.91. The van der Waals surface area contributed by atoms with Crippen molar-refractivity contribution in [2.24, 2.45) is 0 Å². The summed E-state index contributed by atoms with van der Waals surface area (Å²) in [5.41, 5.74) is 8.36. The van der Waals surface area contributed by atoms with Gasteiger partial charge in [0.2, 0.25) is 0 Å². The molecule has 0 aliphatic rings. The zero-order chi connectivity index (χ0) is 34.9. The lowest BCUT2D eigenvalue weighted by Crippen LogP contribution is -2.01. The van der Waals surface area contributed by atoms with Gasteiger partial charge >= 0.3 is 0 Å². The number of fused-ring (bicyclic) bond motifs is 7. The van der Waals surface area contributed by atoms with E-state index in [2.05, 4.69) is 144 Å². The van der Waals surface area contributed by atoms with Gasteiger partial charge in [-0.15, -0.1) is 22.7 Å². The third-order valence-electron chi connectivity index (χ3n) is 9.91. The molecule has 0 aliphatic heterocycles. The minimum Gasteiger partial charge on any atom is -0.309 e. The average Bonchev–Trinajstić information content (AvgIpc) is 3.93. The molecule has 0 amide bonds. The standard InChI is InChI=1S/C46H27N5S2/c1-3-14-28(15-4-1)43-48-44(31-19-11-24-36-40(31)30-18-7-9-23-35(30)51(36)29-16-5-2-6-17-29)50-45(49-43)32-20-12-26-38-41(32)42-33(21-13-27-39(42)52-38)46-47-34-22-8-10-25-37(34)53-46/h1-27H. The Labute approximate surface area is 312 Å². The first-order valence-electron chi connectivity index (χ1n) is 17.5. The van der Waals surface area contributed by atoms with Crippen LogP contribution in [0.4, 0.5) is 0 Å². The summed E-state index contributed by atoms with van der Waals surface area (Å²) in [7, 11) is 0. The quantitative estimate of drug-likeness (QED) is 0.178. The maximum Gasteiger partial charge on any atom is 0.164 e. The first kappa shape index (κ1) is 30.1. The molecule has 7 aromatic carbocycles. The monoisotopic (exact) mass is 713 g/mol. The van der Waals surface area contributed by atoms with E-state index in [1.807, 2.05) is 24.3 Å². The number of thiophene rings is 1. The molecule has 0 unspecified atom stereocenters. The molecule has 0 radical (unpaired) electrons. The van der Waals surface area contributed by atoms with Gasteiger partial charge in [0.1, 0.15) is 5.01 Å². The third kappa shape index (κ3) is 4.82. The number of rotatable bonds is 5. The Morgan fingerprint density at radius 2 is 0.943 bits per heavy atom. The van der Waals surface area contributed by atoms with Gasteiger partial charge in [-0.3, -0.25) is 0 Å². The van der Waals surface area contributed by atoms with Crippen LogP contribution in [-0.2, 0) is 0 Å². The van der Waals surface area contributed by atoms with Crippen molar-refractivity contribution < 1.29 is 0 Å². The molecule has 11 aromatic rings. The molecule has 0 saturated heterocycles. The van der Waals surface area contributed by atoms with Gasteiger partial charge in [-0.1, -0.05) is 115 Å². The van der Waals surface area contributed by atoms with Crippen LogP contribution < -0.4 is 0 Å². The molecule has 0 saturated carbocycles. The van der Waals surface area contributed by atoms with Gasteiger partial charge < -0.3 is 4.57 Å². The van der Waals surface area contributed by atoms with Gasteiger partial charge in [-0.2, -0.15) is 0 Å². The Morgan fingerprint density at radius 3 is 1.72 bits per heavy atom. The Balaban J connectivity index is 1.20. The van der Waals surface area contributed by atoms with Crippen LogP contribution in [0, 0.1) is 0 Å². The van der Waals surface area contributed by atoms with E-state index in [-0.39, 0.29) is 0 Å². The average molecular weight is 714 g/mol. The van der Waals surface area contributed by atoms with Crippen molar-refractivity contribution in [3.05, 3.63) is 164 Å². The highest BCUT2D eigenvalue weighted by atomic mass is 32.1. The van der Waals surface area contributed by atoms with Gasteiger partial charge in [0.25, 0.3) is 0 Å². The normalized spacial score (nSPS) is 11.8. The highest BCUT2D eigenvalue weighted by molar-refractivity contribution is 7.26. The highest BCUT2D eigenvalue weighted by Crippen LogP contribution is 2.46. The second-order valence-electron chi connectivity index (χ2n) is 13.0. The van der Waals surface area contributed by atoms with Crippen LogP contribution in [-0.4, -0.2) is 24.5 Å². The van der Waals surface area contributed by atoms with Gasteiger partial charge in [0.05, 0.1) is 21.3 Å². The van der Waals surface area contributed by atoms with Crippen LogP contribution in [0.5, 0.6) is 0 Å². The summed E-state index contributed by atoms with van der Waals surface area (Å²) in [6.45, 7) is 0. The number of para-hydroxylation sites is 3. The van der Waals surface area contributed by atoms with Crippen molar-refractivity contribution in [2.45, 2.75) is 0 Å². The summed E-state index contributed by atoms with van der Waals surface area (Å²) in [6, 6.07) is 57.1. The van der Waals surface area contributed by atoms with Crippen molar-refractivity contribution in [1.82, 2.24) is 24.5 Å². The molecule has 0 spiro atoms. The number of hydrogen-bond donors (Lipinski definition) is 0. The van der Waals surface area contributed by atoms with Crippen molar-refractivity contribution >= 4 is 74.9 Å². The van der Waals surface area contributed by atoms with Crippen LogP contribution >= 0.6 is 22.7 Å². The first-order chi connectivity index (χ1) is 26.3. The van der Waals surface area contributed by atoms with Crippen LogP contribution in [0.1, 0.15) is 0 Å². The minimum atomic E-state index is 0.636. The van der Waals surface area contributed by atoms with Crippen molar-refractivity contribution in [1.29, 1.82) is 0 Å². The van der Waals surface area contributed by atoms with Gasteiger partial charge in [0.15, 0.2) is 17.5 Å². The Bertz CT molecular complexity index is 3150. The number of benzene rings is 7. The molecule has 11 rings (SSSR count). The fraction of sp³-hybridized carbons (Fsp3) is 0. The lowest BCUT2D eigenvalue weighted by atomic mass is 10.0. The van der Waals surface area contributed by atoms with Gasteiger partial charge in [0, 0.05) is 58.9 Å². The smallest absolute Gasteiger partial charge is 0.164 e. The number of aromatic nitrogens is 5. The number of nitrogens with zero attached hydrogens (tertiary/aromatic N) is 5. The first-order valence-corrected chi connectivity index (χ1v) is 19.1. The Kier molecular flexibility index (Phi) is 6.83. The van der Waals surface area contributed by atoms with E-state index < -0.39 is 0 Å². The van der Waals surface area contributed by atoms with Crippen molar-refractivity contribution in [3.8, 4) is 50.4 Å². The zero-order valence-electron chi connectivity index (χ0n) is 28.1. The molecule has 0 bridgehead atoms. The largest absolute Gasteiger partial charge is 0.309 e. The molecule has 4 aromatic heterocycles. The van der Waals surface area contributed by atoms with E-state index in [4.69, 9.17) is 19.9 Å². The van der Waals surface area contributed by atoms with E-state index in [1.165, 1.54) is 19.5 Å². The molecular weight excluding hydrogens is 687 g/mol. The zero-order valence-corrected chi connectivity index (χ0v) is 29.8. The predicted molar refractivity (Wildman–Crippen MR) is 222 cm³/mol. The van der Waals surface area contributed by atoms with E-state index in [1.54, 1.807) is 22.7 Å². The van der Waals surface area contributed by atoms with E-state index in [0.29, 0.717) is 17.5 Å². The summed E-state index contributed by atoms with van der Waals surface area (Å²) < 4.78 is 5.90. The maximum absolute atomic E-state index is 5.37. The number of hydrogen-bond acceptors (Lipinski definition) is 6. The second-order valence-corrected chi connectivity index (χ2v) is 15.1. The Morgan fingerprint density at radius 1 is 0.377 bits per heavy atom. The van der Waals surface area contributed by atoms with Crippen LogP contribution in [0.2, 0.25) is 0 Å². The molecule has 0 N–H and O–H groups in total. The molecule has 5 nitrogen and oxygen atoms in total. The fourth-order valence-electron chi connectivity index (χ4n) is 7.61. The molecule has 0 aliphatic carbocycles. The lowest BCUT2D eigenvalue weighted by Gasteiger charge is -2.11. The summed E-state index contributed by atoms with van der Waals surface area (Å²) in [6.07, 6.45) is 0. The van der Waals surface area contributed by atoms with E-state index >= 15 is 0 Å². The van der Waals surface area contributed by atoms with Gasteiger partial charge in [-0.05, 0) is 48.5 Å². The summed E-state index contributed by atoms with van der Waals surface area (Å²) in [4.78, 5) is 20.9. The van der Waals surface area contributed by atoms with E-state index in [9.17, 15) is 0 Å². The van der Waals surface area contributed by atoms with Crippen molar-refractivity contribution in [2.75, 3.05) is 0 Å². The van der Waals surface area contributed by atoms with Crippen LogP contribution in [0.15, 0.2) is 164 Å². The Hall–Kier alpha value is -6.54. The molecular formula is C46H27N5S2. The van der Waals surface area contributed by atoms with E-state index in [0.717, 1.165) is 65.7 Å². The van der Waals surface area contributed by atoms with Gasteiger partial charge in [-0.25, -0.2) is 19.9 Å². The molecule has 0 atom stereocenters. The fourth-order valence-corrected chi connectivity index (χ4v) is 9.77. The molecule has 248 valence electrons. The predicted octanol–water partition coefficient (Wildman–Crippen LogP) is 12.6. The minimum absolute atomic E-state index is 0.636. The van der Waals surface area contributed by atoms with Crippen LogP contribution in [0.25, 0.3) is 103 Å². The van der Waals surface area contributed by atoms with Crippen molar-refractivity contribution in [3.63, 3.8) is 0 Å². The number of thiazole rings is 1. The molecule has 7 heteroatoms. The molecule has 53 heavy (non-hydrogen) atoms. The summed E-state index contributed by atoms with van der Waals surface area (Å²) in [5, 5.41) is 5.59. The molecule has 0 fully saturated rings. The lowest BCUT2D eigenvalue weighted by molar-refractivity contribution is 1.08. The summed E-state index contributed by atoms with van der Waals surface area (Å²) >= 11 is 3.53. The second kappa shape index (κ2) is 12.0. The maximum atomic E-state index is 5.37. The highest BCUT2D eigenvalue weighted by Gasteiger charge is 2.22. The van der Waals surface area contributed by atoms with Crippen LogP contribution in [0.3, 0.4) is 0 Å². The topological polar surface area (TPSA) is 56.5 Å².